The Hall–Kier alpha value is -3.15. The highest BCUT2D eigenvalue weighted by Crippen LogP contribution is 2.28. The zero-order valence-electron chi connectivity index (χ0n) is 16.6. The predicted octanol–water partition coefficient (Wildman–Crippen LogP) is 3.62. The number of pyridine rings is 1. The van der Waals surface area contributed by atoms with Crippen LogP contribution in [0.4, 0.5) is 0 Å². The van der Waals surface area contributed by atoms with Gasteiger partial charge in [0, 0.05) is 28.1 Å². The van der Waals surface area contributed by atoms with Gasteiger partial charge in [0.1, 0.15) is 18.1 Å². The monoisotopic (exact) mass is 340 g/mol. The van der Waals surface area contributed by atoms with Gasteiger partial charge in [-0.15, -0.1) is 0 Å². The highest BCUT2D eigenvalue weighted by atomic mass is 16.5. The van der Waals surface area contributed by atoms with Crippen LogP contribution in [0.5, 0.6) is 11.5 Å². The maximum atomic E-state index is 11.2. The minimum Gasteiger partial charge on any atom is -0.507 e. The van der Waals surface area contributed by atoms with E-state index in [0.29, 0.717) is 23.2 Å². The highest BCUT2D eigenvalue weighted by molar-refractivity contribution is 5.83. The summed E-state index contributed by atoms with van der Waals surface area (Å²) in [5.41, 5.74) is 1.83. The van der Waals surface area contributed by atoms with E-state index >= 15 is 0 Å². The SMILES string of the molecule is [2H]C([2H])([2H])C(C)n1nccc1-c1ncccc1COc1cccc(O)c1C=O. The Balaban J connectivity index is 1.93. The number of rotatable bonds is 6. The number of hydrogen-bond donors (Lipinski definition) is 1. The number of hydrogen-bond acceptors (Lipinski definition) is 5. The molecule has 0 aliphatic carbocycles. The normalized spacial score (nSPS) is 14.2. The Bertz CT molecular complexity index is 986. The van der Waals surface area contributed by atoms with Crippen LogP contribution in [0.25, 0.3) is 11.4 Å². The summed E-state index contributed by atoms with van der Waals surface area (Å²) in [6.45, 7) is -0.570. The van der Waals surface area contributed by atoms with E-state index in [1.54, 1.807) is 43.5 Å². The van der Waals surface area contributed by atoms with E-state index in [-0.39, 0.29) is 23.7 Å². The summed E-state index contributed by atoms with van der Waals surface area (Å²) in [6.07, 6.45) is 3.65. The van der Waals surface area contributed by atoms with Crippen LogP contribution in [0.15, 0.2) is 48.8 Å². The molecule has 6 heteroatoms. The third-order valence-corrected chi connectivity index (χ3v) is 3.72. The molecule has 1 unspecified atom stereocenters. The molecule has 0 saturated carbocycles. The summed E-state index contributed by atoms with van der Waals surface area (Å²) in [4.78, 5) is 15.6. The first-order valence-electron chi connectivity index (χ1n) is 9.20. The van der Waals surface area contributed by atoms with Gasteiger partial charge < -0.3 is 9.84 Å². The number of phenols is 1. The van der Waals surface area contributed by atoms with Crippen molar-refractivity contribution in [3.8, 4) is 22.9 Å². The first-order valence-corrected chi connectivity index (χ1v) is 7.70. The number of ether oxygens (including phenoxy) is 1. The van der Waals surface area contributed by atoms with E-state index in [2.05, 4.69) is 10.1 Å². The molecule has 25 heavy (non-hydrogen) atoms. The largest absolute Gasteiger partial charge is 0.507 e. The molecule has 0 fully saturated rings. The molecule has 0 aliphatic heterocycles. The van der Waals surface area contributed by atoms with Crippen molar-refractivity contribution in [2.45, 2.75) is 26.4 Å². The van der Waals surface area contributed by atoms with Crippen LogP contribution < -0.4 is 4.74 Å². The summed E-state index contributed by atoms with van der Waals surface area (Å²) >= 11 is 0. The first-order chi connectivity index (χ1) is 13.3. The van der Waals surface area contributed by atoms with Crippen LogP contribution >= 0.6 is 0 Å². The molecule has 1 atom stereocenters. The lowest BCUT2D eigenvalue weighted by molar-refractivity contribution is 0.111. The Morgan fingerprint density at radius 1 is 1.32 bits per heavy atom. The molecule has 2 heterocycles. The summed E-state index contributed by atoms with van der Waals surface area (Å²) in [7, 11) is 0. The van der Waals surface area contributed by atoms with E-state index < -0.39 is 12.9 Å². The standard InChI is InChI=1S/C19H19N3O3/c1-13(2)22-16(8-10-21-22)19-14(5-4-9-20-19)12-25-18-7-3-6-17(24)15(18)11-23/h3-11,13,24H,12H2,1-2H3/i1D3. The van der Waals surface area contributed by atoms with Gasteiger partial charge in [-0.2, -0.15) is 5.10 Å². The van der Waals surface area contributed by atoms with Crippen molar-refractivity contribution >= 4 is 6.29 Å². The van der Waals surface area contributed by atoms with Gasteiger partial charge in [0.2, 0.25) is 0 Å². The number of aromatic hydroxyl groups is 1. The summed E-state index contributed by atoms with van der Waals surface area (Å²) in [5, 5.41) is 13.9. The maximum Gasteiger partial charge on any atom is 0.157 e. The Labute approximate surface area is 149 Å². The van der Waals surface area contributed by atoms with E-state index in [9.17, 15) is 9.90 Å². The van der Waals surface area contributed by atoms with Gasteiger partial charge >= 0.3 is 0 Å². The second-order valence-electron chi connectivity index (χ2n) is 5.44. The van der Waals surface area contributed by atoms with Crippen LogP contribution in [0, 0.1) is 0 Å². The molecule has 128 valence electrons. The average molecular weight is 340 g/mol. The number of aromatic nitrogens is 3. The number of aldehydes is 1. The Morgan fingerprint density at radius 3 is 3.00 bits per heavy atom. The molecule has 3 rings (SSSR count). The average Bonchev–Trinajstić information content (AvgIpc) is 3.14. The zero-order valence-corrected chi connectivity index (χ0v) is 13.6. The fraction of sp³-hybridized carbons (Fsp3) is 0.211. The Morgan fingerprint density at radius 2 is 2.20 bits per heavy atom. The second kappa shape index (κ2) is 7.17. The third-order valence-electron chi connectivity index (χ3n) is 3.72. The van der Waals surface area contributed by atoms with Crippen LogP contribution in [0.2, 0.25) is 0 Å². The van der Waals surface area contributed by atoms with Gasteiger partial charge in [0.05, 0.1) is 17.0 Å². The molecule has 2 aromatic heterocycles. The maximum absolute atomic E-state index is 11.2. The summed E-state index contributed by atoms with van der Waals surface area (Å²) in [5.74, 6) is 0.0812. The van der Waals surface area contributed by atoms with Crippen molar-refractivity contribution in [3.63, 3.8) is 0 Å². The fourth-order valence-electron chi connectivity index (χ4n) is 2.53. The highest BCUT2D eigenvalue weighted by Gasteiger charge is 2.15. The Kier molecular flexibility index (Phi) is 3.78. The van der Waals surface area contributed by atoms with E-state index in [0.717, 1.165) is 0 Å². The number of carbonyl (C=O) groups excluding carboxylic acids is 1. The topological polar surface area (TPSA) is 77.2 Å². The van der Waals surface area contributed by atoms with Gasteiger partial charge in [-0.05, 0) is 38.0 Å². The zero-order chi connectivity index (χ0) is 20.3. The smallest absolute Gasteiger partial charge is 0.157 e. The van der Waals surface area contributed by atoms with Crippen molar-refractivity contribution in [2.24, 2.45) is 0 Å². The van der Waals surface area contributed by atoms with Gasteiger partial charge in [0.15, 0.2) is 6.29 Å². The van der Waals surface area contributed by atoms with Gasteiger partial charge in [-0.3, -0.25) is 14.5 Å². The van der Waals surface area contributed by atoms with E-state index in [1.807, 2.05) is 0 Å². The molecule has 0 spiro atoms. The molecule has 0 radical (unpaired) electrons. The number of nitrogens with zero attached hydrogens (tertiary/aromatic N) is 3. The lowest BCUT2D eigenvalue weighted by atomic mass is 10.1. The number of carbonyl (C=O) groups is 1. The van der Waals surface area contributed by atoms with Crippen molar-refractivity contribution in [1.29, 1.82) is 0 Å². The molecule has 1 aromatic carbocycles. The lowest BCUT2D eigenvalue weighted by Crippen LogP contribution is -2.08. The van der Waals surface area contributed by atoms with E-state index in [1.165, 1.54) is 16.9 Å². The number of phenolic OH excluding ortho intramolecular Hbond substituents is 1. The molecule has 0 saturated heterocycles. The van der Waals surface area contributed by atoms with Gasteiger partial charge in [-0.25, -0.2) is 0 Å². The minimum atomic E-state index is -2.22. The third kappa shape index (κ3) is 3.38. The van der Waals surface area contributed by atoms with Crippen LogP contribution in [0.1, 0.15) is 39.9 Å². The molecule has 0 bridgehead atoms. The van der Waals surface area contributed by atoms with Crippen molar-refractivity contribution < 1.29 is 18.8 Å². The summed E-state index contributed by atoms with van der Waals surface area (Å²) in [6, 6.07) is 8.96. The minimum absolute atomic E-state index is 0.0639. The number of benzene rings is 1. The van der Waals surface area contributed by atoms with Gasteiger partial charge in [-0.1, -0.05) is 12.1 Å². The van der Waals surface area contributed by atoms with Crippen molar-refractivity contribution in [2.75, 3.05) is 0 Å². The molecule has 6 nitrogen and oxygen atoms in total. The van der Waals surface area contributed by atoms with Crippen molar-refractivity contribution in [3.05, 3.63) is 59.9 Å². The lowest BCUT2D eigenvalue weighted by Gasteiger charge is -2.14. The van der Waals surface area contributed by atoms with E-state index in [4.69, 9.17) is 8.85 Å². The molecule has 0 aliphatic rings. The molecular formula is C19H19N3O3. The van der Waals surface area contributed by atoms with Crippen molar-refractivity contribution in [1.82, 2.24) is 14.8 Å². The molecular weight excluding hydrogens is 318 g/mol. The van der Waals surface area contributed by atoms with Crippen LogP contribution in [-0.2, 0) is 6.61 Å². The quantitative estimate of drug-likeness (QED) is 0.694. The van der Waals surface area contributed by atoms with Crippen LogP contribution in [-0.4, -0.2) is 26.2 Å². The predicted molar refractivity (Wildman–Crippen MR) is 93.7 cm³/mol. The molecule has 3 aromatic rings. The molecule has 0 amide bonds. The second-order valence-corrected chi connectivity index (χ2v) is 5.44. The fourth-order valence-corrected chi connectivity index (χ4v) is 2.53. The first kappa shape index (κ1) is 13.2. The molecule has 1 N–H and O–H groups in total. The summed E-state index contributed by atoms with van der Waals surface area (Å²) < 4.78 is 30.1. The van der Waals surface area contributed by atoms with Gasteiger partial charge in [0.25, 0.3) is 0 Å². The van der Waals surface area contributed by atoms with Crippen LogP contribution in [0.3, 0.4) is 0 Å².